The molecule has 0 aliphatic carbocycles. The van der Waals surface area contributed by atoms with E-state index in [0.29, 0.717) is 0 Å². The minimum absolute atomic E-state index is 0.167. The Labute approximate surface area is 43.9 Å². The normalized spacial score (nSPS) is 8.57. The molecule has 0 amide bonds. The molecule has 0 N–H and O–H groups in total. The van der Waals surface area contributed by atoms with Crippen molar-refractivity contribution >= 4 is 11.7 Å². The molecule has 0 spiro atoms. The molecule has 3 nitrogen and oxygen atoms in total. The lowest BCUT2D eigenvalue weighted by Gasteiger charge is -1.49. The SMILES string of the molecule is O=[S+]c1ncco1. The molecule has 0 fully saturated rings. The summed E-state index contributed by atoms with van der Waals surface area (Å²) in [7, 11) is 0. The number of nitrogens with zero attached hydrogens (tertiary/aromatic N) is 1. The topological polar surface area (TPSA) is 43.1 Å². The van der Waals surface area contributed by atoms with Crippen molar-refractivity contribution in [3.63, 3.8) is 0 Å². The van der Waals surface area contributed by atoms with Gasteiger partial charge >= 0.3 is 16.9 Å². The van der Waals surface area contributed by atoms with Gasteiger partial charge in [-0.2, -0.15) is 4.98 Å². The summed E-state index contributed by atoms with van der Waals surface area (Å²) < 4.78 is 14.3. The summed E-state index contributed by atoms with van der Waals surface area (Å²) in [5, 5.41) is 0.167. The van der Waals surface area contributed by atoms with Gasteiger partial charge in [-0.25, -0.2) is 0 Å². The number of hydrogen-bond acceptors (Lipinski definition) is 3. The molecule has 7 heavy (non-hydrogen) atoms. The third-order valence-corrected chi connectivity index (χ3v) is 0.825. The Balaban J connectivity index is 2.96. The molecule has 0 aliphatic rings. The second-order valence-corrected chi connectivity index (χ2v) is 1.40. The highest BCUT2D eigenvalue weighted by Gasteiger charge is 2.09. The molecule has 0 aliphatic heterocycles. The molecule has 0 unspecified atom stereocenters. The van der Waals surface area contributed by atoms with Gasteiger partial charge in [0, 0.05) is 0 Å². The van der Waals surface area contributed by atoms with E-state index in [2.05, 4.69) is 9.40 Å². The van der Waals surface area contributed by atoms with Gasteiger partial charge in [0.25, 0.3) is 0 Å². The fourth-order valence-corrected chi connectivity index (χ4v) is 0.450. The van der Waals surface area contributed by atoms with E-state index in [4.69, 9.17) is 0 Å². The fourth-order valence-electron chi connectivity index (χ4n) is 0.252. The third kappa shape index (κ3) is 0.806. The molecule has 36 valence electrons. The van der Waals surface area contributed by atoms with Crippen LogP contribution in [-0.4, -0.2) is 4.98 Å². The zero-order valence-corrected chi connectivity index (χ0v) is 4.14. The summed E-state index contributed by atoms with van der Waals surface area (Å²) in [5.41, 5.74) is 0. The Bertz CT molecular complexity index is 148. The molecule has 0 saturated heterocycles. The minimum Gasteiger partial charge on any atom is -0.398 e. The molecule has 1 aromatic rings. The van der Waals surface area contributed by atoms with Crippen molar-refractivity contribution in [1.82, 2.24) is 4.98 Å². The van der Waals surface area contributed by atoms with Crippen LogP contribution in [0.2, 0.25) is 0 Å². The molecule has 0 bridgehead atoms. The third-order valence-electron chi connectivity index (χ3n) is 0.481. The van der Waals surface area contributed by atoms with E-state index in [9.17, 15) is 4.21 Å². The lowest BCUT2D eigenvalue weighted by molar-refractivity contribution is 0.445. The average molecular weight is 116 g/mol. The van der Waals surface area contributed by atoms with Crippen molar-refractivity contribution in [3.8, 4) is 0 Å². The number of hydrogen-bond donors (Lipinski definition) is 0. The maximum Gasteiger partial charge on any atom is 0.572 e. The van der Waals surface area contributed by atoms with Crippen molar-refractivity contribution in [2.75, 3.05) is 0 Å². The van der Waals surface area contributed by atoms with Crippen LogP contribution in [0.1, 0.15) is 0 Å². The van der Waals surface area contributed by atoms with Crippen LogP contribution in [0.5, 0.6) is 0 Å². The van der Waals surface area contributed by atoms with Crippen LogP contribution in [0.15, 0.2) is 22.1 Å². The van der Waals surface area contributed by atoms with Gasteiger partial charge in [0.05, 0.1) is 10.4 Å². The second kappa shape index (κ2) is 1.79. The van der Waals surface area contributed by atoms with Gasteiger partial charge in [-0.3, -0.25) is 0 Å². The first-order valence-corrected chi connectivity index (χ1v) is 2.37. The van der Waals surface area contributed by atoms with Gasteiger partial charge in [-0.05, 0) is 0 Å². The van der Waals surface area contributed by atoms with E-state index in [1.165, 1.54) is 12.5 Å². The van der Waals surface area contributed by atoms with E-state index < -0.39 is 0 Å². The van der Waals surface area contributed by atoms with E-state index in [1.54, 1.807) is 0 Å². The van der Waals surface area contributed by atoms with E-state index in [1.807, 2.05) is 0 Å². The monoisotopic (exact) mass is 116 g/mol. The Morgan fingerprint density at radius 1 is 1.86 bits per heavy atom. The standard InChI is InChI=1S/C3H2NO2S/c5-7-3-4-1-2-6-3/h1-2H/q+1. The van der Waals surface area contributed by atoms with E-state index >= 15 is 0 Å². The first-order chi connectivity index (χ1) is 3.43. The highest BCUT2D eigenvalue weighted by Crippen LogP contribution is 1.90. The Morgan fingerprint density at radius 2 is 2.71 bits per heavy atom. The van der Waals surface area contributed by atoms with Gasteiger partial charge in [0.2, 0.25) is 0 Å². The van der Waals surface area contributed by atoms with Gasteiger partial charge in [0.1, 0.15) is 6.26 Å². The first-order valence-electron chi connectivity index (χ1n) is 1.63. The molecular weight excluding hydrogens is 114 g/mol. The average Bonchev–Trinajstić information content (AvgIpc) is 2.14. The van der Waals surface area contributed by atoms with Crippen LogP contribution < -0.4 is 0 Å². The van der Waals surface area contributed by atoms with Gasteiger partial charge in [0.15, 0.2) is 0 Å². The molecule has 1 aromatic heterocycles. The summed E-state index contributed by atoms with van der Waals surface area (Å²) in [6.45, 7) is 0. The van der Waals surface area contributed by atoms with Crippen LogP contribution in [0.3, 0.4) is 0 Å². The van der Waals surface area contributed by atoms with Crippen molar-refractivity contribution in [3.05, 3.63) is 12.5 Å². The highest BCUT2D eigenvalue weighted by atomic mass is 32.1. The van der Waals surface area contributed by atoms with Crippen LogP contribution in [0.4, 0.5) is 0 Å². The molecule has 0 atom stereocenters. The van der Waals surface area contributed by atoms with E-state index in [-0.39, 0.29) is 16.9 Å². The van der Waals surface area contributed by atoms with Crippen LogP contribution in [0.25, 0.3) is 0 Å². The summed E-state index contributed by atoms with van der Waals surface area (Å²) >= 11 is 0.248. The van der Waals surface area contributed by atoms with Crippen LogP contribution in [-0.2, 0) is 15.9 Å². The summed E-state index contributed by atoms with van der Waals surface area (Å²) in [4.78, 5) is 3.52. The zero-order chi connectivity index (χ0) is 5.11. The van der Waals surface area contributed by atoms with Gasteiger partial charge < -0.3 is 4.42 Å². The molecule has 1 heterocycles. The number of rotatable bonds is 1. The molecule has 4 heteroatoms. The summed E-state index contributed by atoms with van der Waals surface area (Å²) in [6, 6.07) is 0. The van der Waals surface area contributed by atoms with Crippen molar-refractivity contribution in [1.29, 1.82) is 0 Å². The van der Waals surface area contributed by atoms with Gasteiger partial charge in [-0.1, -0.05) is 0 Å². The molecular formula is C3H2NO2S+. The summed E-state index contributed by atoms with van der Waals surface area (Å²) in [6.07, 6.45) is 2.79. The van der Waals surface area contributed by atoms with Crippen LogP contribution in [0, 0.1) is 0 Å². The second-order valence-electron chi connectivity index (χ2n) is 0.881. The smallest absolute Gasteiger partial charge is 0.398 e. The first kappa shape index (κ1) is 4.39. The Hall–Kier alpha value is -0.770. The minimum atomic E-state index is 0.167. The molecule has 0 radical (unpaired) electrons. The molecule has 1 rings (SSSR count). The maximum atomic E-state index is 9.75. The maximum absolute atomic E-state index is 9.75. The fraction of sp³-hybridized carbons (Fsp3) is 0. The summed E-state index contributed by atoms with van der Waals surface area (Å²) in [5.74, 6) is 0. The molecule has 0 aromatic carbocycles. The predicted molar refractivity (Wildman–Crippen MR) is 22.8 cm³/mol. The molecule has 0 saturated carbocycles. The highest BCUT2D eigenvalue weighted by molar-refractivity contribution is 7.65. The van der Waals surface area contributed by atoms with Crippen molar-refractivity contribution in [2.45, 2.75) is 5.22 Å². The van der Waals surface area contributed by atoms with Crippen molar-refractivity contribution in [2.24, 2.45) is 0 Å². The quantitative estimate of drug-likeness (QED) is 0.500. The number of oxazole rings is 1. The van der Waals surface area contributed by atoms with E-state index in [0.717, 1.165) is 0 Å². The Morgan fingerprint density at radius 3 is 3.00 bits per heavy atom. The van der Waals surface area contributed by atoms with Crippen molar-refractivity contribution < 1.29 is 8.63 Å². The largest absolute Gasteiger partial charge is 0.572 e. The lowest BCUT2D eigenvalue weighted by atomic mass is 11.0. The van der Waals surface area contributed by atoms with Crippen LogP contribution >= 0.6 is 0 Å². The number of aromatic nitrogens is 1. The van der Waals surface area contributed by atoms with Gasteiger partial charge in [-0.15, -0.1) is 0 Å². The Kier molecular flexibility index (Phi) is 1.12. The lowest BCUT2D eigenvalue weighted by Crippen LogP contribution is -1.64. The zero-order valence-electron chi connectivity index (χ0n) is 3.33. The predicted octanol–water partition coefficient (Wildman–Crippen LogP) is 0.462.